The highest BCUT2D eigenvalue weighted by Crippen LogP contribution is 2.26. The van der Waals surface area contributed by atoms with E-state index in [1.165, 1.54) is 11.3 Å². The van der Waals surface area contributed by atoms with Gasteiger partial charge in [0.05, 0.1) is 18.8 Å². The van der Waals surface area contributed by atoms with Gasteiger partial charge in [-0.25, -0.2) is 0 Å². The molecular weight excluding hydrogens is 262 g/mol. The normalized spacial score (nSPS) is 12.4. The summed E-state index contributed by atoms with van der Waals surface area (Å²) in [5.74, 6) is 0.928. The lowest BCUT2D eigenvalue weighted by atomic mass is 10.0. The Morgan fingerprint density at radius 3 is 2.71 bits per heavy atom. The third kappa shape index (κ3) is 3.45. The molecule has 0 saturated carbocycles. The van der Waals surface area contributed by atoms with Crippen LogP contribution in [0, 0.1) is 6.92 Å². The minimum Gasteiger partial charge on any atom is -0.496 e. The molecule has 0 aliphatic rings. The summed E-state index contributed by atoms with van der Waals surface area (Å²) in [5, 5.41) is 8.02. The molecule has 114 valence electrons. The van der Waals surface area contributed by atoms with Crippen LogP contribution in [0.25, 0.3) is 0 Å². The van der Waals surface area contributed by atoms with Crippen molar-refractivity contribution in [3.63, 3.8) is 0 Å². The van der Waals surface area contributed by atoms with Gasteiger partial charge in [-0.05, 0) is 50.1 Å². The molecule has 4 nitrogen and oxygen atoms in total. The first-order valence-corrected chi connectivity index (χ1v) is 7.60. The second kappa shape index (κ2) is 7.27. The summed E-state index contributed by atoms with van der Waals surface area (Å²) in [6.45, 7) is 8.23. The molecule has 1 heterocycles. The first-order chi connectivity index (χ1) is 10.2. The first-order valence-electron chi connectivity index (χ1n) is 7.60. The molecule has 1 aromatic carbocycles. The van der Waals surface area contributed by atoms with Crippen molar-refractivity contribution < 1.29 is 4.74 Å². The highest BCUT2D eigenvalue weighted by atomic mass is 16.5. The van der Waals surface area contributed by atoms with Gasteiger partial charge in [0, 0.05) is 12.7 Å². The van der Waals surface area contributed by atoms with Gasteiger partial charge in [-0.15, -0.1) is 0 Å². The summed E-state index contributed by atoms with van der Waals surface area (Å²) >= 11 is 0. The molecule has 1 N–H and O–H groups in total. The lowest BCUT2D eigenvalue weighted by Crippen LogP contribution is -2.25. The molecule has 0 bridgehead atoms. The van der Waals surface area contributed by atoms with E-state index >= 15 is 0 Å². The van der Waals surface area contributed by atoms with Gasteiger partial charge >= 0.3 is 0 Å². The Bertz CT molecular complexity index is 577. The predicted octanol–water partition coefficient (Wildman–Crippen LogP) is 3.31. The van der Waals surface area contributed by atoms with Gasteiger partial charge in [0.2, 0.25) is 0 Å². The Kier molecular flexibility index (Phi) is 5.39. The fourth-order valence-electron chi connectivity index (χ4n) is 2.62. The maximum atomic E-state index is 5.36. The number of nitrogens with zero attached hydrogens (tertiary/aromatic N) is 2. The van der Waals surface area contributed by atoms with Crippen LogP contribution in [-0.2, 0) is 6.54 Å². The number of methoxy groups -OCH3 is 1. The molecular formula is C17H25N3O. The molecule has 0 radical (unpaired) electrons. The Morgan fingerprint density at radius 1 is 1.29 bits per heavy atom. The monoisotopic (exact) mass is 287 g/mol. The van der Waals surface area contributed by atoms with Crippen LogP contribution < -0.4 is 10.1 Å². The smallest absolute Gasteiger partial charge is 0.121 e. The number of ether oxygens (including phenoxy) is 1. The van der Waals surface area contributed by atoms with Gasteiger partial charge in [0.1, 0.15) is 5.75 Å². The van der Waals surface area contributed by atoms with E-state index in [0.717, 1.165) is 30.8 Å². The van der Waals surface area contributed by atoms with Crippen molar-refractivity contribution in [3.05, 3.63) is 47.3 Å². The zero-order valence-electron chi connectivity index (χ0n) is 13.4. The van der Waals surface area contributed by atoms with Crippen molar-refractivity contribution in [3.8, 4) is 5.75 Å². The highest BCUT2D eigenvalue weighted by molar-refractivity contribution is 5.39. The van der Waals surface area contributed by atoms with Gasteiger partial charge in [0.25, 0.3) is 0 Å². The van der Waals surface area contributed by atoms with E-state index in [2.05, 4.69) is 49.4 Å². The summed E-state index contributed by atoms with van der Waals surface area (Å²) in [5.41, 5.74) is 3.60. The van der Waals surface area contributed by atoms with Crippen LogP contribution in [0.15, 0.2) is 30.5 Å². The molecule has 1 atom stereocenters. The zero-order valence-corrected chi connectivity index (χ0v) is 13.4. The highest BCUT2D eigenvalue weighted by Gasteiger charge is 2.18. The zero-order chi connectivity index (χ0) is 15.2. The van der Waals surface area contributed by atoms with Crippen LogP contribution in [0.3, 0.4) is 0 Å². The number of rotatable bonds is 7. The van der Waals surface area contributed by atoms with Crippen LogP contribution in [0.1, 0.15) is 43.1 Å². The molecule has 0 spiro atoms. The molecule has 4 heteroatoms. The molecule has 2 aromatic rings. The van der Waals surface area contributed by atoms with Crippen LogP contribution in [0.4, 0.5) is 0 Å². The topological polar surface area (TPSA) is 39.1 Å². The fraction of sp³-hybridized carbons (Fsp3) is 0.471. The van der Waals surface area contributed by atoms with Crippen LogP contribution >= 0.6 is 0 Å². The number of aryl methyl sites for hydroxylation is 2. The van der Waals surface area contributed by atoms with Crippen LogP contribution in [0.5, 0.6) is 5.75 Å². The van der Waals surface area contributed by atoms with Gasteiger partial charge in [0.15, 0.2) is 0 Å². The van der Waals surface area contributed by atoms with Gasteiger partial charge < -0.3 is 10.1 Å². The standard InChI is InChI=1S/C17H25N3O/c1-5-10-18-17(15-9-11-19-20(15)6-2)14-7-8-16(21-4)13(3)12-14/h7-9,11-12,17-18H,5-6,10H2,1-4H3. The van der Waals surface area contributed by atoms with Gasteiger partial charge in [-0.1, -0.05) is 19.1 Å². The van der Waals surface area contributed by atoms with Crippen molar-refractivity contribution in [2.75, 3.05) is 13.7 Å². The van der Waals surface area contributed by atoms with E-state index in [1.807, 2.05) is 16.9 Å². The average molecular weight is 287 g/mol. The van der Waals surface area contributed by atoms with Crippen molar-refractivity contribution >= 4 is 0 Å². The van der Waals surface area contributed by atoms with E-state index in [4.69, 9.17) is 4.74 Å². The van der Waals surface area contributed by atoms with Crippen molar-refractivity contribution in [1.82, 2.24) is 15.1 Å². The number of hydrogen-bond acceptors (Lipinski definition) is 3. The third-order valence-electron chi connectivity index (χ3n) is 3.70. The largest absolute Gasteiger partial charge is 0.496 e. The molecule has 0 amide bonds. The van der Waals surface area contributed by atoms with E-state index < -0.39 is 0 Å². The summed E-state index contributed by atoms with van der Waals surface area (Å²) in [6.07, 6.45) is 2.97. The lowest BCUT2D eigenvalue weighted by molar-refractivity contribution is 0.411. The quantitative estimate of drug-likeness (QED) is 0.849. The minimum absolute atomic E-state index is 0.164. The lowest BCUT2D eigenvalue weighted by Gasteiger charge is -2.21. The van der Waals surface area contributed by atoms with E-state index in [9.17, 15) is 0 Å². The average Bonchev–Trinajstić information content (AvgIpc) is 2.96. The molecule has 1 aromatic heterocycles. The maximum Gasteiger partial charge on any atom is 0.121 e. The van der Waals surface area contributed by atoms with E-state index in [0.29, 0.717) is 0 Å². The number of hydrogen-bond donors (Lipinski definition) is 1. The Balaban J connectivity index is 2.38. The van der Waals surface area contributed by atoms with Crippen LogP contribution in [-0.4, -0.2) is 23.4 Å². The summed E-state index contributed by atoms with van der Waals surface area (Å²) in [6, 6.07) is 8.62. The number of benzene rings is 1. The molecule has 1 unspecified atom stereocenters. The van der Waals surface area contributed by atoms with Gasteiger partial charge in [-0.3, -0.25) is 4.68 Å². The van der Waals surface area contributed by atoms with Gasteiger partial charge in [-0.2, -0.15) is 5.10 Å². The summed E-state index contributed by atoms with van der Waals surface area (Å²) in [4.78, 5) is 0. The Hall–Kier alpha value is -1.81. The molecule has 0 saturated heterocycles. The molecule has 0 fully saturated rings. The molecule has 0 aliphatic heterocycles. The third-order valence-corrected chi connectivity index (χ3v) is 3.70. The van der Waals surface area contributed by atoms with Crippen molar-refractivity contribution in [2.24, 2.45) is 0 Å². The van der Waals surface area contributed by atoms with Crippen molar-refractivity contribution in [1.29, 1.82) is 0 Å². The van der Waals surface area contributed by atoms with E-state index in [-0.39, 0.29) is 6.04 Å². The Morgan fingerprint density at radius 2 is 2.10 bits per heavy atom. The second-order valence-electron chi connectivity index (χ2n) is 5.19. The molecule has 21 heavy (non-hydrogen) atoms. The second-order valence-corrected chi connectivity index (χ2v) is 5.19. The summed E-state index contributed by atoms with van der Waals surface area (Å²) in [7, 11) is 1.71. The maximum absolute atomic E-state index is 5.36. The predicted molar refractivity (Wildman–Crippen MR) is 85.8 cm³/mol. The number of nitrogens with one attached hydrogen (secondary N) is 1. The molecule has 0 aliphatic carbocycles. The fourth-order valence-corrected chi connectivity index (χ4v) is 2.62. The molecule has 2 rings (SSSR count). The SMILES string of the molecule is CCCNC(c1ccc(OC)c(C)c1)c1ccnn1CC. The van der Waals surface area contributed by atoms with Crippen LogP contribution in [0.2, 0.25) is 0 Å². The van der Waals surface area contributed by atoms with Crippen molar-refractivity contribution in [2.45, 2.75) is 39.8 Å². The van der Waals surface area contributed by atoms with E-state index in [1.54, 1.807) is 7.11 Å². The summed E-state index contributed by atoms with van der Waals surface area (Å²) < 4.78 is 7.41. The minimum atomic E-state index is 0.164. The Labute approximate surface area is 127 Å². The first kappa shape index (κ1) is 15.6. The number of aromatic nitrogens is 2.